The maximum absolute atomic E-state index is 10.8. The van der Waals surface area contributed by atoms with E-state index in [0.29, 0.717) is 18.1 Å². The van der Waals surface area contributed by atoms with Crippen LogP contribution in [-0.2, 0) is 6.61 Å². The van der Waals surface area contributed by atoms with Crippen LogP contribution in [0.5, 0.6) is 17.2 Å². The van der Waals surface area contributed by atoms with E-state index >= 15 is 0 Å². The van der Waals surface area contributed by atoms with Crippen molar-refractivity contribution in [3.8, 4) is 17.2 Å². The normalized spacial score (nSPS) is 10.8. The van der Waals surface area contributed by atoms with Crippen LogP contribution in [0, 0.1) is 10.1 Å². The number of nitro groups is 1. The summed E-state index contributed by atoms with van der Waals surface area (Å²) in [5.41, 5.74) is 2.49. The standard InChI is InChI=1S/C23H21BrN2O5/c1-3-30-22-13-17(14-25-18-6-10-20(29-2)11-7-18)12-21(24)23(22)31-15-16-4-8-19(9-5-16)26(27)28/h4-14H,3,15H2,1-2H3. The van der Waals surface area contributed by atoms with Gasteiger partial charge in [-0.1, -0.05) is 0 Å². The van der Waals surface area contributed by atoms with Crippen LogP contribution in [0.4, 0.5) is 11.4 Å². The fourth-order valence-corrected chi connectivity index (χ4v) is 3.33. The molecule has 3 rings (SSSR count). The van der Waals surface area contributed by atoms with Crippen molar-refractivity contribution in [3.05, 3.63) is 86.4 Å². The molecule has 3 aromatic rings. The number of aliphatic imine (C=N–C) groups is 1. The first-order valence-corrected chi connectivity index (χ1v) is 10.3. The second-order valence-corrected chi connectivity index (χ2v) is 7.29. The molecule has 31 heavy (non-hydrogen) atoms. The molecule has 0 heterocycles. The predicted octanol–water partition coefficient (Wildman–Crippen LogP) is 6.09. The summed E-state index contributed by atoms with van der Waals surface area (Å²) >= 11 is 3.54. The highest BCUT2D eigenvalue weighted by atomic mass is 79.9. The number of nitro benzene ring substituents is 1. The van der Waals surface area contributed by atoms with Crippen molar-refractivity contribution in [1.82, 2.24) is 0 Å². The molecule has 0 aromatic heterocycles. The van der Waals surface area contributed by atoms with E-state index in [1.165, 1.54) is 12.1 Å². The average molecular weight is 485 g/mol. The smallest absolute Gasteiger partial charge is 0.269 e. The number of benzene rings is 3. The molecule has 0 saturated carbocycles. The zero-order valence-electron chi connectivity index (χ0n) is 17.1. The van der Waals surface area contributed by atoms with Gasteiger partial charge in [-0.25, -0.2) is 0 Å². The summed E-state index contributed by atoms with van der Waals surface area (Å²) in [6.45, 7) is 2.61. The summed E-state index contributed by atoms with van der Waals surface area (Å²) in [6.07, 6.45) is 1.75. The van der Waals surface area contributed by atoms with E-state index in [1.54, 1.807) is 25.5 Å². The molecule has 8 heteroatoms. The van der Waals surface area contributed by atoms with Crippen LogP contribution in [0.25, 0.3) is 0 Å². The summed E-state index contributed by atoms with van der Waals surface area (Å²) in [5.74, 6) is 1.91. The zero-order chi connectivity index (χ0) is 22.2. The quantitative estimate of drug-likeness (QED) is 0.208. The first kappa shape index (κ1) is 22.3. The SMILES string of the molecule is CCOc1cc(C=Nc2ccc(OC)cc2)cc(Br)c1OCc1ccc([N+](=O)[O-])cc1. The Morgan fingerprint density at radius 1 is 1.06 bits per heavy atom. The molecule has 0 amide bonds. The summed E-state index contributed by atoms with van der Waals surface area (Å²) in [4.78, 5) is 14.8. The molecule has 0 aliphatic carbocycles. The molecule has 0 aliphatic heterocycles. The topological polar surface area (TPSA) is 83.2 Å². The highest BCUT2D eigenvalue weighted by Crippen LogP contribution is 2.37. The number of hydrogen-bond donors (Lipinski definition) is 0. The lowest BCUT2D eigenvalue weighted by atomic mass is 10.2. The van der Waals surface area contributed by atoms with E-state index in [1.807, 2.05) is 43.3 Å². The third kappa shape index (κ3) is 6.05. The highest BCUT2D eigenvalue weighted by molar-refractivity contribution is 9.10. The van der Waals surface area contributed by atoms with E-state index in [2.05, 4.69) is 20.9 Å². The molecule has 7 nitrogen and oxygen atoms in total. The lowest BCUT2D eigenvalue weighted by Crippen LogP contribution is -2.01. The van der Waals surface area contributed by atoms with Gasteiger partial charge in [-0.05, 0) is 82.5 Å². The van der Waals surface area contributed by atoms with Crippen LogP contribution in [0.3, 0.4) is 0 Å². The minimum absolute atomic E-state index is 0.0421. The molecule has 0 atom stereocenters. The number of ether oxygens (including phenoxy) is 3. The third-order valence-corrected chi connectivity index (χ3v) is 4.89. The van der Waals surface area contributed by atoms with Gasteiger partial charge < -0.3 is 14.2 Å². The van der Waals surface area contributed by atoms with Gasteiger partial charge in [0.15, 0.2) is 11.5 Å². The molecule has 0 N–H and O–H groups in total. The Labute approximate surface area is 188 Å². The number of methoxy groups -OCH3 is 1. The minimum atomic E-state index is -0.430. The Hall–Kier alpha value is -3.39. The predicted molar refractivity (Wildman–Crippen MR) is 123 cm³/mol. The van der Waals surface area contributed by atoms with Crippen molar-refractivity contribution in [1.29, 1.82) is 0 Å². The second-order valence-electron chi connectivity index (χ2n) is 6.43. The van der Waals surface area contributed by atoms with Gasteiger partial charge in [0.25, 0.3) is 5.69 Å². The van der Waals surface area contributed by atoms with Crippen LogP contribution in [0.1, 0.15) is 18.1 Å². The molecule has 0 fully saturated rings. The largest absolute Gasteiger partial charge is 0.497 e. The van der Waals surface area contributed by atoms with Crippen LogP contribution in [0.15, 0.2) is 70.1 Å². The van der Waals surface area contributed by atoms with Gasteiger partial charge in [0.1, 0.15) is 12.4 Å². The lowest BCUT2D eigenvalue weighted by Gasteiger charge is -2.14. The molecule has 0 unspecified atom stereocenters. The number of non-ortho nitro benzene ring substituents is 1. The fraction of sp³-hybridized carbons (Fsp3) is 0.174. The third-order valence-electron chi connectivity index (χ3n) is 4.30. The van der Waals surface area contributed by atoms with Gasteiger partial charge in [-0.15, -0.1) is 0 Å². The van der Waals surface area contributed by atoms with Gasteiger partial charge in [0.05, 0.1) is 28.8 Å². The fourth-order valence-electron chi connectivity index (χ4n) is 2.75. The van der Waals surface area contributed by atoms with Crippen LogP contribution >= 0.6 is 15.9 Å². The van der Waals surface area contributed by atoms with Crippen molar-refractivity contribution < 1.29 is 19.1 Å². The molecule has 0 saturated heterocycles. The Bertz CT molecular complexity index is 1070. The summed E-state index contributed by atoms with van der Waals surface area (Å²) in [7, 11) is 1.62. The first-order valence-electron chi connectivity index (χ1n) is 9.50. The van der Waals surface area contributed by atoms with Crippen molar-refractivity contribution in [2.45, 2.75) is 13.5 Å². The lowest BCUT2D eigenvalue weighted by molar-refractivity contribution is -0.384. The van der Waals surface area contributed by atoms with Crippen molar-refractivity contribution in [2.24, 2.45) is 4.99 Å². The Morgan fingerprint density at radius 2 is 1.77 bits per heavy atom. The van der Waals surface area contributed by atoms with Gasteiger partial charge in [-0.2, -0.15) is 0 Å². The van der Waals surface area contributed by atoms with Gasteiger partial charge >= 0.3 is 0 Å². The highest BCUT2D eigenvalue weighted by Gasteiger charge is 2.13. The molecule has 0 bridgehead atoms. The minimum Gasteiger partial charge on any atom is -0.497 e. The van der Waals surface area contributed by atoms with Crippen molar-refractivity contribution >= 4 is 33.5 Å². The van der Waals surface area contributed by atoms with Crippen LogP contribution in [0.2, 0.25) is 0 Å². The van der Waals surface area contributed by atoms with E-state index < -0.39 is 4.92 Å². The number of nitrogens with zero attached hydrogens (tertiary/aromatic N) is 2. The Morgan fingerprint density at radius 3 is 2.39 bits per heavy atom. The molecule has 3 aromatic carbocycles. The van der Waals surface area contributed by atoms with Gasteiger partial charge in [0, 0.05) is 18.3 Å². The molecule has 0 radical (unpaired) electrons. The summed E-state index contributed by atoms with van der Waals surface area (Å²) in [6, 6.07) is 17.4. The monoisotopic (exact) mass is 484 g/mol. The molecule has 160 valence electrons. The Balaban J connectivity index is 1.77. The summed E-state index contributed by atoms with van der Waals surface area (Å²) < 4.78 is 17.6. The van der Waals surface area contributed by atoms with Crippen LogP contribution in [-0.4, -0.2) is 24.9 Å². The number of hydrogen-bond acceptors (Lipinski definition) is 6. The maximum atomic E-state index is 10.8. The number of halogens is 1. The Kier molecular flexibility index (Phi) is 7.61. The van der Waals surface area contributed by atoms with Crippen LogP contribution < -0.4 is 14.2 Å². The summed E-state index contributed by atoms with van der Waals surface area (Å²) in [5, 5.41) is 10.8. The average Bonchev–Trinajstić information content (AvgIpc) is 2.78. The van der Waals surface area contributed by atoms with E-state index in [-0.39, 0.29) is 12.3 Å². The first-order chi connectivity index (χ1) is 15.0. The molecular formula is C23H21BrN2O5. The van der Waals surface area contributed by atoms with Gasteiger partial charge in [-0.3, -0.25) is 15.1 Å². The van der Waals surface area contributed by atoms with Crippen molar-refractivity contribution in [3.63, 3.8) is 0 Å². The molecular weight excluding hydrogens is 464 g/mol. The van der Waals surface area contributed by atoms with E-state index in [4.69, 9.17) is 14.2 Å². The number of rotatable bonds is 9. The molecule has 0 aliphatic rings. The molecule has 0 spiro atoms. The van der Waals surface area contributed by atoms with Crippen molar-refractivity contribution in [2.75, 3.05) is 13.7 Å². The van der Waals surface area contributed by atoms with E-state index in [9.17, 15) is 10.1 Å². The van der Waals surface area contributed by atoms with E-state index in [0.717, 1.165) is 27.0 Å². The maximum Gasteiger partial charge on any atom is 0.269 e. The van der Waals surface area contributed by atoms with Gasteiger partial charge in [0.2, 0.25) is 0 Å². The zero-order valence-corrected chi connectivity index (χ0v) is 18.7. The second kappa shape index (κ2) is 10.6.